The minimum Gasteiger partial charge on any atom is -0.494 e. The van der Waals surface area contributed by atoms with Crippen LogP contribution in [0.5, 0.6) is 5.75 Å². The predicted octanol–water partition coefficient (Wildman–Crippen LogP) is 4.41. The minimum absolute atomic E-state index is 0.113. The number of nitrogens with zero attached hydrogens (tertiary/aromatic N) is 1. The van der Waals surface area contributed by atoms with E-state index >= 15 is 0 Å². The first kappa shape index (κ1) is 21.4. The molecule has 0 N–H and O–H groups in total. The van der Waals surface area contributed by atoms with Gasteiger partial charge in [0.15, 0.2) is 0 Å². The molecular weight excluding hydrogens is 382 g/mol. The third-order valence-electron chi connectivity index (χ3n) is 3.75. The van der Waals surface area contributed by atoms with Crippen LogP contribution in [0.25, 0.3) is 6.08 Å². The molecule has 0 aliphatic carbocycles. The molecule has 1 aromatic carbocycles. The van der Waals surface area contributed by atoms with Crippen LogP contribution < -0.4 is 4.74 Å². The molecule has 5 nitrogen and oxygen atoms in total. The summed E-state index contributed by atoms with van der Waals surface area (Å²) in [7, 11) is 0. The van der Waals surface area contributed by atoms with Crippen molar-refractivity contribution in [3.63, 3.8) is 0 Å². The van der Waals surface area contributed by atoms with E-state index in [1.165, 1.54) is 11.8 Å². The fourth-order valence-corrected chi connectivity index (χ4v) is 3.70. The third-order valence-corrected chi connectivity index (χ3v) is 5.13. The fraction of sp³-hybridized carbons (Fsp3) is 0.450. The quantitative estimate of drug-likeness (QED) is 0.325. The van der Waals surface area contributed by atoms with E-state index in [2.05, 4.69) is 6.92 Å². The van der Waals surface area contributed by atoms with Crippen molar-refractivity contribution in [1.29, 1.82) is 0 Å². The molecule has 0 radical (unpaired) electrons. The molecule has 1 heterocycles. The van der Waals surface area contributed by atoms with E-state index in [-0.39, 0.29) is 18.3 Å². The van der Waals surface area contributed by atoms with Crippen LogP contribution in [0.3, 0.4) is 0 Å². The summed E-state index contributed by atoms with van der Waals surface area (Å²) >= 11 is 6.61. The maximum absolute atomic E-state index is 12.6. The lowest BCUT2D eigenvalue weighted by atomic mass is 10.2. The number of rotatable bonds is 10. The van der Waals surface area contributed by atoms with Crippen molar-refractivity contribution >= 4 is 46.3 Å². The van der Waals surface area contributed by atoms with Crippen LogP contribution in [0.4, 0.5) is 0 Å². The lowest BCUT2D eigenvalue weighted by molar-refractivity contribution is -0.144. The fourth-order valence-electron chi connectivity index (χ4n) is 2.39. The van der Waals surface area contributed by atoms with Gasteiger partial charge in [0.1, 0.15) is 10.1 Å². The summed E-state index contributed by atoms with van der Waals surface area (Å²) in [4.78, 5) is 26.3. The summed E-state index contributed by atoms with van der Waals surface area (Å²) in [5, 5.41) is 0. The second-order valence-electron chi connectivity index (χ2n) is 6.07. The van der Waals surface area contributed by atoms with Crippen molar-refractivity contribution in [3.8, 4) is 5.75 Å². The van der Waals surface area contributed by atoms with E-state index in [0.29, 0.717) is 35.4 Å². The minimum atomic E-state index is -0.233. The van der Waals surface area contributed by atoms with Crippen molar-refractivity contribution in [3.05, 3.63) is 34.7 Å². The average Bonchev–Trinajstić information content (AvgIpc) is 2.93. The Kier molecular flexibility index (Phi) is 8.81. The van der Waals surface area contributed by atoms with E-state index in [4.69, 9.17) is 21.7 Å². The number of carbonyl (C=O) groups is 2. The number of ether oxygens (including phenoxy) is 2. The third kappa shape index (κ3) is 6.66. The Morgan fingerprint density at radius 2 is 1.89 bits per heavy atom. The molecule has 7 heteroatoms. The van der Waals surface area contributed by atoms with Crippen LogP contribution in [0, 0.1) is 0 Å². The Hall–Kier alpha value is -1.86. The van der Waals surface area contributed by atoms with Gasteiger partial charge in [-0.15, -0.1) is 0 Å². The zero-order chi connectivity index (χ0) is 19.6. The van der Waals surface area contributed by atoms with Crippen LogP contribution in [0.15, 0.2) is 29.2 Å². The van der Waals surface area contributed by atoms with E-state index in [9.17, 15) is 9.59 Å². The van der Waals surface area contributed by atoms with Gasteiger partial charge in [0.05, 0.1) is 18.1 Å². The van der Waals surface area contributed by atoms with Crippen molar-refractivity contribution < 1.29 is 19.1 Å². The summed E-state index contributed by atoms with van der Waals surface area (Å²) in [5.41, 5.74) is 0.919. The van der Waals surface area contributed by atoms with Gasteiger partial charge in [0.25, 0.3) is 5.91 Å². The van der Waals surface area contributed by atoms with Gasteiger partial charge in [0, 0.05) is 13.0 Å². The van der Waals surface area contributed by atoms with Gasteiger partial charge in [0.2, 0.25) is 0 Å². The van der Waals surface area contributed by atoms with Crippen LogP contribution in [0.2, 0.25) is 0 Å². The molecule has 1 aliphatic heterocycles. The van der Waals surface area contributed by atoms with Crippen LogP contribution in [-0.4, -0.2) is 40.9 Å². The molecule has 1 aromatic rings. The highest BCUT2D eigenvalue weighted by Gasteiger charge is 2.31. The lowest BCUT2D eigenvalue weighted by Gasteiger charge is -2.13. The summed E-state index contributed by atoms with van der Waals surface area (Å²) in [6, 6.07) is 7.62. The highest BCUT2D eigenvalue weighted by molar-refractivity contribution is 8.26. The normalized spacial score (nSPS) is 15.5. The summed E-state index contributed by atoms with van der Waals surface area (Å²) in [6.45, 7) is 5.55. The Bertz CT molecular complexity index is 700. The molecule has 1 amide bonds. The maximum Gasteiger partial charge on any atom is 0.305 e. The van der Waals surface area contributed by atoms with Crippen molar-refractivity contribution in [2.24, 2.45) is 0 Å². The van der Waals surface area contributed by atoms with Crippen LogP contribution >= 0.6 is 24.0 Å². The number of hydrogen-bond donors (Lipinski definition) is 0. The molecular formula is C20H25NO4S2. The molecule has 2 rings (SSSR count). The summed E-state index contributed by atoms with van der Waals surface area (Å²) in [6.07, 6.45) is 4.41. The van der Waals surface area contributed by atoms with Crippen LogP contribution in [-0.2, 0) is 14.3 Å². The highest BCUT2D eigenvalue weighted by atomic mass is 32.2. The van der Waals surface area contributed by atoms with Gasteiger partial charge in [-0.25, -0.2) is 0 Å². The number of thioether (sulfide) groups is 1. The molecule has 1 saturated heterocycles. The number of esters is 1. The van der Waals surface area contributed by atoms with Gasteiger partial charge in [-0.1, -0.05) is 50.0 Å². The molecule has 27 heavy (non-hydrogen) atoms. The zero-order valence-corrected chi connectivity index (χ0v) is 17.4. The second-order valence-corrected chi connectivity index (χ2v) is 7.75. The SMILES string of the molecule is CCCOC(=O)CCCN1C(=O)/C(=C/c2ccc(OCCC)cc2)SC1=S. The molecule has 0 spiro atoms. The lowest BCUT2D eigenvalue weighted by Crippen LogP contribution is -2.29. The first-order chi connectivity index (χ1) is 13.0. The predicted molar refractivity (Wildman–Crippen MR) is 113 cm³/mol. The molecule has 1 fully saturated rings. The molecule has 0 atom stereocenters. The van der Waals surface area contributed by atoms with Gasteiger partial charge in [-0.3, -0.25) is 14.5 Å². The molecule has 0 unspecified atom stereocenters. The smallest absolute Gasteiger partial charge is 0.305 e. The molecule has 146 valence electrons. The molecule has 0 saturated carbocycles. The van der Waals surface area contributed by atoms with E-state index < -0.39 is 0 Å². The number of carbonyl (C=O) groups excluding carboxylic acids is 2. The topological polar surface area (TPSA) is 55.8 Å². The molecule has 1 aliphatic rings. The molecule has 0 bridgehead atoms. The Labute approximate surface area is 170 Å². The summed E-state index contributed by atoms with van der Waals surface area (Å²) in [5.74, 6) is 0.470. The van der Waals surface area contributed by atoms with Gasteiger partial charge < -0.3 is 9.47 Å². The van der Waals surface area contributed by atoms with Crippen molar-refractivity contribution in [2.45, 2.75) is 39.5 Å². The van der Waals surface area contributed by atoms with E-state index in [1.54, 1.807) is 4.90 Å². The first-order valence-corrected chi connectivity index (χ1v) is 10.4. The standard InChI is InChI=1S/C20H25NO4S2/c1-3-12-24-16-9-7-15(8-10-16)14-17-19(23)21(20(26)27-17)11-5-6-18(22)25-13-4-2/h7-10,14H,3-6,11-13H2,1-2H3/b17-14-. The van der Waals surface area contributed by atoms with Gasteiger partial charge >= 0.3 is 5.97 Å². The number of amides is 1. The van der Waals surface area contributed by atoms with Gasteiger partial charge in [-0.2, -0.15) is 0 Å². The second kappa shape index (κ2) is 11.1. The molecule has 0 aromatic heterocycles. The summed E-state index contributed by atoms with van der Waals surface area (Å²) < 4.78 is 11.1. The monoisotopic (exact) mass is 407 g/mol. The first-order valence-electron chi connectivity index (χ1n) is 9.19. The number of benzene rings is 1. The number of hydrogen-bond acceptors (Lipinski definition) is 6. The zero-order valence-electron chi connectivity index (χ0n) is 15.7. The van der Waals surface area contributed by atoms with Crippen LogP contribution in [0.1, 0.15) is 45.1 Å². The Balaban J connectivity index is 1.90. The van der Waals surface area contributed by atoms with Gasteiger partial charge in [-0.05, 0) is 43.0 Å². The van der Waals surface area contributed by atoms with Crippen molar-refractivity contribution in [1.82, 2.24) is 4.90 Å². The largest absolute Gasteiger partial charge is 0.494 e. The Morgan fingerprint density at radius 3 is 2.56 bits per heavy atom. The van der Waals surface area contributed by atoms with Crippen molar-refractivity contribution in [2.75, 3.05) is 19.8 Å². The van der Waals surface area contributed by atoms with E-state index in [1.807, 2.05) is 37.3 Å². The maximum atomic E-state index is 12.6. The average molecular weight is 408 g/mol. The Morgan fingerprint density at radius 1 is 1.19 bits per heavy atom. The van der Waals surface area contributed by atoms with E-state index in [0.717, 1.165) is 24.2 Å². The number of thiocarbonyl (C=S) groups is 1. The highest BCUT2D eigenvalue weighted by Crippen LogP contribution is 2.33.